The summed E-state index contributed by atoms with van der Waals surface area (Å²) < 4.78 is 32.0. The van der Waals surface area contributed by atoms with Crippen LogP contribution >= 0.6 is 0 Å². The monoisotopic (exact) mass is 528 g/mol. The largest absolute Gasteiger partial charge is 0.463 e. The van der Waals surface area contributed by atoms with Crippen LogP contribution in [0.5, 0.6) is 0 Å². The predicted molar refractivity (Wildman–Crippen MR) is 148 cm³/mol. The minimum atomic E-state index is -0.511. The van der Waals surface area contributed by atoms with E-state index in [-0.39, 0.29) is 18.7 Å². The summed E-state index contributed by atoms with van der Waals surface area (Å²) in [6.45, 7) is 1.30. The molecule has 2 bridgehead atoms. The normalized spacial score (nSPS) is 25.4. The summed E-state index contributed by atoms with van der Waals surface area (Å²) >= 11 is 0. The molecule has 2 heterocycles. The molecule has 0 amide bonds. The van der Waals surface area contributed by atoms with Gasteiger partial charge >= 0.3 is 5.97 Å². The van der Waals surface area contributed by atoms with Gasteiger partial charge < -0.3 is 23.7 Å². The fourth-order valence-corrected chi connectivity index (χ4v) is 5.00. The van der Waals surface area contributed by atoms with Gasteiger partial charge in [-0.2, -0.15) is 0 Å². The van der Waals surface area contributed by atoms with Crippen LogP contribution in [0, 0.1) is 0 Å². The van der Waals surface area contributed by atoms with Crippen molar-refractivity contribution in [3.8, 4) is 0 Å². The molecule has 5 atom stereocenters. The van der Waals surface area contributed by atoms with Gasteiger partial charge in [0.1, 0.15) is 31.0 Å². The highest BCUT2D eigenvalue weighted by molar-refractivity contribution is 5.69. The highest BCUT2D eigenvalue weighted by atomic mass is 16.6. The van der Waals surface area contributed by atoms with E-state index in [1.165, 1.54) is 0 Å². The van der Waals surface area contributed by atoms with Crippen LogP contribution in [0.1, 0.15) is 36.0 Å². The van der Waals surface area contributed by atoms with Crippen LogP contribution < -0.4 is 0 Å². The van der Waals surface area contributed by atoms with Crippen LogP contribution in [-0.4, -0.2) is 43.1 Å². The predicted octanol–water partition coefficient (Wildman–Crippen LogP) is 5.79. The van der Waals surface area contributed by atoms with Crippen molar-refractivity contribution in [1.82, 2.24) is 0 Å². The Labute approximate surface area is 230 Å². The number of esters is 1. The summed E-state index contributed by atoms with van der Waals surface area (Å²) in [4.78, 5) is 12.4. The number of carbonyl (C=O) groups excluding carboxylic acids is 1. The number of fused-ring (bicyclic) bond motifs is 2. The van der Waals surface area contributed by atoms with Gasteiger partial charge in [0.05, 0.1) is 25.9 Å². The number of benzene rings is 3. The topological polar surface area (TPSA) is 63.2 Å². The van der Waals surface area contributed by atoms with Gasteiger partial charge in [0.25, 0.3) is 0 Å². The zero-order chi connectivity index (χ0) is 26.7. The molecule has 3 aromatic carbocycles. The molecule has 0 unspecified atom stereocenters. The molecule has 2 aliphatic heterocycles. The number of hydrogen-bond acceptors (Lipinski definition) is 6. The number of cyclic esters (lactones) is 1. The first-order valence-electron chi connectivity index (χ1n) is 13.7. The van der Waals surface area contributed by atoms with Crippen molar-refractivity contribution in [2.45, 2.75) is 69.6 Å². The molecule has 6 nitrogen and oxygen atoms in total. The first-order valence-corrected chi connectivity index (χ1v) is 13.7. The van der Waals surface area contributed by atoms with Crippen molar-refractivity contribution in [2.75, 3.05) is 6.61 Å². The average molecular weight is 529 g/mol. The molecule has 1 saturated heterocycles. The lowest BCUT2D eigenvalue weighted by Crippen LogP contribution is -2.61. The molecule has 0 aliphatic carbocycles. The zero-order valence-electron chi connectivity index (χ0n) is 22.1. The Morgan fingerprint density at radius 3 is 1.64 bits per heavy atom. The van der Waals surface area contributed by atoms with Gasteiger partial charge in [0, 0.05) is 6.42 Å². The zero-order valence-corrected chi connectivity index (χ0v) is 22.1. The molecule has 39 heavy (non-hydrogen) atoms. The second kappa shape index (κ2) is 14.2. The molecule has 0 radical (unpaired) electrons. The Morgan fingerprint density at radius 1 is 0.615 bits per heavy atom. The van der Waals surface area contributed by atoms with Gasteiger partial charge in [-0.25, -0.2) is 0 Å². The number of ether oxygens (including phenoxy) is 5. The SMILES string of the molecule is O=C1CCC=CC[C@@H]2O[C@H](CO1)[C@@H](OCc1ccccc1)[C@H](OCc1ccccc1)[C@@H]2OCc1ccccc1. The van der Waals surface area contributed by atoms with E-state index in [4.69, 9.17) is 23.7 Å². The third kappa shape index (κ3) is 7.87. The fourth-order valence-electron chi connectivity index (χ4n) is 5.00. The Morgan fingerprint density at radius 2 is 1.10 bits per heavy atom. The molecule has 204 valence electrons. The van der Waals surface area contributed by atoms with Crippen molar-refractivity contribution >= 4 is 5.97 Å². The number of allylic oxidation sites excluding steroid dienone is 1. The van der Waals surface area contributed by atoms with Crippen molar-refractivity contribution in [3.63, 3.8) is 0 Å². The van der Waals surface area contributed by atoms with Crippen LogP contribution in [0.15, 0.2) is 103 Å². The van der Waals surface area contributed by atoms with Crippen LogP contribution in [0.4, 0.5) is 0 Å². The van der Waals surface area contributed by atoms with Gasteiger partial charge in [-0.1, -0.05) is 103 Å². The van der Waals surface area contributed by atoms with Gasteiger partial charge in [0.15, 0.2) is 0 Å². The molecular formula is C33H36O6. The second-order valence-corrected chi connectivity index (χ2v) is 9.93. The number of rotatable bonds is 9. The van der Waals surface area contributed by atoms with E-state index in [2.05, 4.69) is 6.08 Å². The van der Waals surface area contributed by atoms with E-state index >= 15 is 0 Å². The van der Waals surface area contributed by atoms with E-state index in [0.717, 1.165) is 16.7 Å². The van der Waals surface area contributed by atoms with Gasteiger partial charge in [-0.3, -0.25) is 4.79 Å². The van der Waals surface area contributed by atoms with Crippen molar-refractivity contribution in [2.24, 2.45) is 0 Å². The Kier molecular flexibility index (Phi) is 9.93. The maximum Gasteiger partial charge on any atom is 0.306 e. The van der Waals surface area contributed by atoms with Crippen LogP contribution in [0.3, 0.4) is 0 Å². The molecule has 6 heteroatoms. The molecule has 1 fully saturated rings. The molecule has 0 spiro atoms. The molecule has 0 aromatic heterocycles. The van der Waals surface area contributed by atoms with Crippen LogP contribution in [-0.2, 0) is 48.3 Å². The second-order valence-electron chi connectivity index (χ2n) is 9.93. The van der Waals surface area contributed by atoms with Gasteiger partial charge in [0.2, 0.25) is 0 Å². The fraction of sp³-hybridized carbons (Fsp3) is 0.364. The Hall–Kier alpha value is -3.29. The van der Waals surface area contributed by atoms with Crippen molar-refractivity contribution in [1.29, 1.82) is 0 Å². The third-order valence-electron chi connectivity index (χ3n) is 7.04. The standard InChI is InChI=1S/C33H36O6/c34-30-20-12-4-11-19-28-31(36-21-25-13-5-1-6-14-25)33(38-23-27-17-9-3-10-18-27)32(29(39-28)24-35-30)37-22-26-15-7-2-8-16-26/h1-11,13-18,28-29,31-33H,12,19-24H2/t28-,29+,31+,32+,33+/m0/s1. The van der Waals surface area contributed by atoms with Crippen LogP contribution in [0.2, 0.25) is 0 Å². The summed E-state index contributed by atoms with van der Waals surface area (Å²) in [5.41, 5.74) is 3.18. The maximum atomic E-state index is 12.4. The molecule has 0 N–H and O–H groups in total. The molecule has 3 aromatic rings. The highest BCUT2D eigenvalue weighted by Crippen LogP contribution is 2.32. The summed E-state index contributed by atoms with van der Waals surface area (Å²) in [5, 5.41) is 0. The molecule has 5 rings (SSSR count). The lowest BCUT2D eigenvalue weighted by Gasteiger charge is -2.46. The first-order chi connectivity index (χ1) is 19.3. The minimum absolute atomic E-state index is 0.103. The van der Waals surface area contributed by atoms with Crippen LogP contribution in [0.25, 0.3) is 0 Å². The summed E-state index contributed by atoms with van der Waals surface area (Å²) in [5.74, 6) is -0.243. The summed E-state index contributed by atoms with van der Waals surface area (Å²) in [6.07, 6.45) is 3.55. The van der Waals surface area contributed by atoms with Gasteiger partial charge in [-0.15, -0.1) is 0 Å². The average Bonchev–Trinajstić information content (AvgIpc) is 3.02. The first kappa shape index (κ1) is 27.3. The van der Waals surface area contributed by atoms with Crippen molar-refractivity contribution < 1.29 is 28.5 Å². The maximum absolute atomic E-state index is 12.4. The molecule has 2 aliphatic rings. The minimum Gasteiger partial charge on any atom is -0.463 e. The number of carbonyl (C=O) groups is 1. The third-order valence-corrected chi connectivity index (χ3v) is 7.04. The smallest absolute Gasteiger partial charge is 0.306 e. The number of hydrogen-bond donors (Lipinski definition) is 0. The quantitative estimate of drug-likeness (QED) is 0.259. The lowest BCUT2D eigenvalue weighted by molar-refractivity contribution is -0.270. The molecule has 0 saturated carbocycles. The van der Waals surface area contributed by atoms with E-state index < -0.39 is 24.4 Å². The van der Waals surface area contributed by atoms with E-state index in [9.17, 15) is 4.79 Å². The molecular weight excluding hydrogens is 492 g/mol. The Balaban J connectivity index is 1.44. The van der Waals surface area contributed by atoms with E-state index in [0.29, 0.717) is 39.1 Å². The summed E-state index contributed by atoms with van der Waals surface area (Å²) in [7, 11) is 0. The van der Waals surface area contributed by atoms with E-state index in [1.807, 2.05) is 97.1 Å². The summed E-state index contributed by atoms with van der Waals surface area (Å²) in [6, 6.07) is 30.2. The van der Waals surface area contributed by atoms with Crippen molar-refractivity contribution in [3.05, 3.63) is 120 Å². The highest BCUT2D eigenvalue weighted by Gasteiger charge is 2.48. The Bertz CT molecular complexity index is 1170. The lowest BCUT2D eigenvalue weighted by atomic mass is 9.92. The van der Waals surface area contributed by atoms with E-state index in [1.54, 1.807) is 0 Å². The van der Waals surface area contributed by atoms with Gasteiger partial charge in [-0.05, 0) is 29.5 Å².